The van der Waals surface area contributed by atoms with Gasteiger partial charge >= 0.3 is 0 Å². The van der Waals surface area contributed by atoms with Crippen molar-refractivity contribution in [3.8, 4) is 5.75 Å². The summed E-state index contributed by atoms with van der Waals surface area (Å²) in [6.07, 6.45) is 1.85. The Hall–Kier alpha value is -2.43. The molecule has 5 heteroatoms. The molecule has 0 atom stereocenters. The summed E-state index contributed by atoms with van der Waals surface area (Å²) < 4.78 is 15.2. The first-order valence-electron chi connectivity index (χ1n) is 5.50. The second-order valence-corrected chi connectivity index (χ2v) is 4.00. The second-order valence-electron chi connectivity index (χ2n) is 4.00. The zero-order chi connectivity index (χ0) is 12.5. The number of rotatable bonds is 2. The monoisotopic (exact) mass is 243 g/mol. The summed E-state index contributed by atoms with van der Waals surface area (Å²) in [4.78, 5) is 0. The predicted octanol–water partition coefficient (Wildman–Crippen LogP) is 2.16. The van der Waals surface area contributed by atoms with Crippen LogP contribution in [0.15, 0.2) is 42.6 Å². The van der Waals surface area contributed by atoms with E-state index in [1.54, 1.807) is 28.7 Å². The van der Waals surface area contributed by atoms with Gasteiger partial charge in [0, 0.05) is 6.42 Å². The van der Waals surface area contributed by atoms with Gasteiger partial charge < -0.3 is 5.11 Å². The van der Waals surface area contributed by atoms with Gasteiger partial charge in [0.15, 0.2) is 5.65 Å². The maximum atomic E-state index is 13.6. The Bertz CT molecular complexity index is 708. The third-order valence-electron chi connectivity index (χ3n) is 2.76. The smallest absolute Gasteiger partial charge is 0.161 e. The first-order valence-corrected chi connectivity index (χ1v) is 5.50. The maximum absolute atomic E-state index is 13.6. The van der Waals surface area contributed by atoms with Crippen LogP contribution in [0, 0.1) is 5.82 Å². The molecule has 90 valence electrons. The number of hydrogen-bond donors (Lipinski definition) is 1. The van der Waals surface area contributed by atoms with Gasteiger partial charge in [-0.1, -0.05) is 18.2 Å². The van der Waals surface area contributed by atoms with E-state index in [4.69, 9.17) is 0 Å². The summed E-state index contributed by atoms with van der Waals surface area (Å²) in [5, 5.41) is 17.4. The van der Waals surface area contributed by atoms with Crippen LogP contribution in [0.1, 0.15) is 11.4 Å². The number of nitrogens with zero attached hydrogens (tertiary/aromatic N) is 3. The zero-order valence-corrected chi connectivity index (χ0v) is 9.42. The molecule has 0 aliphatic rings. The van der Waals surface area contributed by atoms with Crippen LogP contribution in [0.25, 0.3) is 5.65 Å². The molecular formula is C13H10FN3O. The Kier molecular flexibility index (Phi) is 2.44. The number of benzene rings is 1. The lowest BCUT2D eigenvalue weighted by molar-refractivity contribution is 0.471. The van der Waals surface area contributed by atoms with Gasteiger partial charge in [-0.2, -0.15) is 0 Å². The van der Waals surface area contributed by atoms with Gasteiger partial charge in [-0.3, -0.25) is 4.40 Å². The number of aromatic hydroxyl groups is 1. The van der Waals surface area contributed by atoms with Gasteiger partial charge in [0.05, 0.1) is 6.20 Å². The summed E-state index contributed by atoms with van der Waals surface area (Å²) in [5.41, 5.74) is 1.18. The average molecular weight is 243 g/mol. The molecule has 0 saturated carbocycles. The molecule has 3 rings (SSSR count). The predicted molar refractivity (Wildman–Crippen MR) is 63.9 cm³/mol. The molecule has 0 aliphatic heterocycles. The number of fused-ring (bicyclic) bond motifs is 1. The first-order chi connectivity index (χ1) is 8.74. The molecule has 0 spiro atoms. The van der Waals surface area contributed by atoms with E-state index in [9.17, 15) is 9.50 Å². The fourth-order valence-corrected chi connectivity index (χ4v) is 1.86. The Labute approximate surface area is 102 Å². The van der Waals surface area contributed by atoms with E-state index < -0.39 is 0 Å². The lowest BCUT2D eigenvalue weighted by atomic mass is 10.1. The first kappa shape index (κ1) is 10.7. The molecule has 2 heterocycles. The van der Waals surface area contributed by atoms with Crippen molar-refractivity contribution < 1.29 is 9.50 Å². The van der Waals surface area contributed by atoms with Gasteiger partial charge in [0.25, 0.3) is 0 Å². The number of hydrogen-bond acceptors (Lipinski definition) is 3. The molecule has 4 nitrogen and oxygen atoms in total. The van der Waals surface area contributed by atoms with Crippen LogP contribution in [-0.2, 0) is 6.42 Å². The molecule has 0 bridgehead atoms. The molecule has 2 aromatic heterocycles. The number of pyridine rings is 1. The number of halogens is 1. The van der Waals surface area contributed by atoms with E-state index >= 15 is 0 Å². The molecule has 1 N–H and O–H groups in total. The van der Waals surface area contributed by atoms with Crippen molar-refractivity contribution in [3.63, 3.8) is 0 Å². The summed E-state index contributed by atoms with van der Waals surface area (Å²) in [5.74, 6) is 0.442. The second kappa shape index (κ2) is 4.10. The van der Waals surface area contributed by atoms with Crippen LogP contribution < -0.4 is 0 Å². The topological polar surface area (TPSA) is 50.4 Å². The van der Waals surface area contributed by atoms with Crippen molar-refractivity contribution >= 4 is 5.65 Å². The van der Waals surface area contributed by atoms with E-state index in [0.29, 0.717) is 23.5 Å². The fourth-order valence-electron chi connectivity index (χ4n) is 1.86. The van der Waals surface area contributed by atoms with Crippen molar-refractivity contribution in [1.29, 1.82) is 0 Å². The van der Waals surface area contributed by atoms with Gasteiger partial charge in [-0.15, -0.1) is 10.2 Å². The third-order valence-corrected chi connectivity index (χ3v) is 2.76. The van der Waals surface area contributed by atoms with Crippen LogP contribution in [0.3, 0.4) is 0 Å². The minimum Gasteiger partial charge on any atom is -0.506 e. The molecule has 18 heavy (non-hydrogen) atoms. The quantitative estimate of drug-likeness (QED) is 0.750. The van der Waals surface area contributed by atoms with Gasteiger partial charge in [-0.25, -0.2) is 4.39 Å². The maximum Gasteiger partial charge on any atom is 0.161 e. The van der Waals surface area contributed by atoms with Crippen molar-refractivity contribution in [2.45, 2.75) is 6.42 Å². The molecule has 0 unspecified atom stereocenters. The lowest BCUT2D eigenvalue weighted by Gasteiger charge is -2.02. The summed E-state index contributed by atoms with van der Waals surface area (Å²) in [6.45, 7) is 0. The molecule has 0 radical (unpaired) electrons. The largest absolute Gasteiger partial charge is 0.506 e. The van der Waals surface area contributed by atoms with E-state index in [1.165, 1.54) is 18.3 Å². The van der Waals surface area contributed by atoms with E-state index in [1.807, 2.05) is 0 Å². The lowest BCUT2D eigenvalue weighted by Crippen LogP contribution is -1.98. The van der Waals surface area contributed by atoms with Gasteiger partial charge in [0.1, 0.15) is 17.4 Å². The van der Waals surface area contributed by atoms with Crippen LogP contribution in [-0.4, -0.2) is 19.7 Å². The van der Waals surface area contributed by atoms with Crippen molar-refractivity contribution in [2.75, 3.05) is 0 Å². The Morgan fingerprint density at radius 3 is 2.78 bits per heavy atom. The normalized spacial score (nSPS) is 10.9. The van der Waals surface area contributed by atoms with Crippen LogP contribution in [0.5, 0.6) is 5.75 Å². The van der Waals surface area contributed by atoms with Gasteiger partial charge in [-0.05, 0) is 23.8 Å². The Balaban J connectivity index is 2.05. The zero-order valence-electron chi connectivity index (χ0n) is 9.42. The Morgan fingerprint density at radius 2 is 1.94 bits per heavy atom. The van der Waals surface area contributed by atoms with E-state index in [0.717, 1.165) is 0 Å². The highest BCUT2D eigenvalue weighted by Gasteiger charge is 2.09. The molecule has 0 fully saturated rings. The van der Waals surface area contributed by atoms with Crippen LogP contribution in [0.2, 0.25) is 0 Å². The average Bonchev–Trinajstić information content (AvgIpc) is 2.75. The van der Waals surface area contributed by atoms with Gasteiger partial charge in [0.2, 0.25) is 0 Å². The minimum absolute atomic E-state index is 0.122. The fraction of sp³-hybridized carbons (Fsp3) is 0.0769. The highest BCUT2D eigenvalue weighted by atomic mass is 19.1. The summed E-state index contributed by atoms with van der Waals surface area (Å²) in [6, 6.07) is 9.74. The SMILES string of the molecule is Oc1ccc2nnc(Cc3ccccc3F)n2c1. The molecule has 0 saturated heterocycles. The van der Waals surface area contributed by atoms with Crippen molar-refractivity contribution in [3.05, 3.63) is 59.8 Å². The molecule has 3 aromatic rings. The number of aromatic nitrogens is 3. The molecular weight excluding hydrogens is 233 g/mol. The van der Waals surface area contributed by atoms with E-state index in [-0.39, 0.29) is 11.6 Å². The highest BCUT2D eigenvalue weighted by Crippen LogP contribution is 2.15. The third kappa shape index (κ3) is 1.79. The van der Waals surface area contributed by atoms with Crippen molar-refractivity contribution in [2.24, 2.45) is 0 Å². The van der Waals surface area contributed by atoms with Crippen LogP contribution in [0.4, 0.5) is 4.39 Å². The van der Waals surface area contributed by atoms with Crippen molar-refractivity contribution in [1.82, 2.24) is 14.6 Å². The highest BCUT2D eigenvalue weighted by molar-refractivity contribution is 5.41. The van der Waals surface area contributed by atoms with E-state index in [2.05, 4.69) is 10.2 Å². The standard InChI is InChI=1S/C13H10FN3O/c14-11-4-2-1-3-9(11)7-13-16-15-12-6-5-10(18)8-17(12)13/h1-6,8,18H,7H2. The minimum atomic E-state index is -0.269. The Morgan fingerprint density at radius 1 is 1.11 bits per heavy atom. The van der Waals surface area contributed by atoms with Crippen LogP contribution >= 0.6 is 0 Å². The summed E-state index contributed by atoms with van der Waals surface area (Å²) in [7, 11) is 0. The molecule has 1 aromatic carbocycles. The molecule has 0 aliphatic carbocycles. The molecule has 0 amide bonds. The summed E-state index contributed by atoms with van der Waals surface area (Å²) >= 11 is 0.